The van der Waals surface area contributed by atoms with E-state index in [4.69, 9.17) is 0 Å². The molecule has 3 rings (SSSR count). The van der Waals surface area contributed by atoms with E-state index >= 15 is 0 Å². The van der Waals surface area contributed by atoms with Crippen LogP contribution in [0.5, 0.6) is 0 Å². The fourth-order valence-corrected chi connectivity index (χ4v) is 3.70. The van der Waals surface area contributed by atoms with Crippen LogP contribution in [0.1, 0.15) is 41.5 Å². The van der Waals surface area contributed by atoms with Gasteiger partial charge in [0.1, 0.15) is 5.82 Å². The predicted octanol–water partition coefficient (Wildman–Crippen LogP) is 2.47. The summed E-state index contributed by atoms with van der Waals surface area (Å²) < 4.78 is 0. The number of hydrogen-bond donors (Lipinski definition) is 1. The molecule has 0 bridgehead atoms. The smallest absolute Gasteiger partial charge is 0.224 e. The first-order valence-corrected chi connectivity index (χ1v) is 8.88. The number of aryl methyl sites for hydroxylation is 1. The van der Waals surface area contributed by atoms with Crippen molar-refractivity contribution in [2.45, 2.75) is 38.8 Å². The van der Waals surface area contributed by atoms with E-state index < -0.39 is 0 Å². The zero-order valence-electron chi connectivity index (χ0n) is 13.6. The summed E-state index contributed by atoms with van der Waals surface area (Å²) in [5, 5.41) is 7.00. The highest BCUT2D eigenvalue weighted by Gasteiger charge is 2.26. The average Bonchev–Trinajstić information content (AvgIpc) is 3.17. The molecule has 6 heteroatoms. The molecule has 0 aromatic carbocycles. The number of carbonyl (C=O) groups excluding carboxylic acids is 1. The summed E-state index contributed by atoms with van der Waals surface area (Å²) in [4.78, 5) is 23.4. The van der Waals surface area contributed by atoms with Gasteiger partial charge in [-0.3, -0.25) is 9.69 Å². The molecule has 1 fully saturated rings. The Balaban J connectivity index is 1.68. The second-order valence-corrected chi connectivity index (χ2v) is 6.83. The van der Waals surface area contributed by atoms with Crippen LogP contribution in [0.2, 0.25) is 0 Å². The van der Waals surface area contributed by atoms with Crippen molar-refractivity contribution in [2.24, 2.45) is 0 Å². The van der Waals surface area contributed by atoms with Gasteiger partial charge in [0.2, 0.25) is 5.91 Å². The largest absolute Gasteiger partial charge is 0.352 e. The van der Waals surface area contributed by atoms with Crippen molar-refractivity contribution in [1.29, 1.82) is 0 Å². The molecule has 0 radical (unpaired) electrons. The minimum Gasteiger partial charge on any atom is -0.352 e. The molecule has 1 saturated heterocycles. The topological polar surface area (TPSA) is 58.1 Å². The molecule has 122 valence electrons. The highest BCUT2D eigenvalue weighted by atomic mass is 32.1. The molecule has 0 saturated carbocycles. The minimum atomic E-state index is 0.0368. The second kappa shape index (κ2) is 7.19. The Bertz CT molecular complexity index is 671. The fraction of sp³-hybridized carbons (Fsp3) is 0.471. The number of aromatic nitrogens is 2. The van der Waals surface area contributed by atoms with Crippen LogP contribution in [0, 0.1) is 6.92 Å². The summed E-state index contributed by atoms with van der Waals surface area (Å²) in [5.41, 5.74) is 3.14. The highest BCUT2D eigenvalue weighted by Crippen LogP contribution is 2.30. The third kappa shape index (κ3) is 3.95. The monoisotopic (exact) mass is 330 g/mol. The number of rotatable bonds is 5. The van der Waals surface area contributed by atoms with E-state index in [2.05, 4.69) is 27.2 Å². The molecule has 0 spiro atoms. The molecule has 1 atom stereocenters. The Morgan fingerprint density at radius 2 is 2.39 bits per heavy atom. The standard InChI is InChI=1S/C17H22N4OS/c1-12-18-9-14(17(20-12)15-4-3-6-21(15)2)10-19-16(22)8-13-5-7-23-11-13/h5,7,9,11,15H,3-4,6,8,10H2,1-2H3,(H,19,22). The van der Waals surface area contributed by atoms with E-state index in [1.807, 2.05) is 29.9 Å². The summed E-state index contributed by atoms with van der Waals surface area (Å²) in [6, 6.07) is 2.32. The van der Waals surface area contributed by atoms with Gasteiger partial charge in [0, 0.05) is 18.3 Å². The van der Waals surface area contributed by atoms with E-state index in [0.29, 0.717) is 19.0 Å². The second-order valence-electron chi connectivity index (χ2n) is 6.05. The van der Waals surface area contributed by atoms with Crippen molar-refractivity contribution in [3.63, 3.8) is 0 Å². The Morgan fingerprint density at radius 1 is 1.52 bits per heavy atom. The molecule has 1 amide bonds. The lowest BCUT2D eigenvalue weighted by Crippen LogP contribution is -2.27. The zero-order chi connectivity index (χ0) is 16.2. The first-order valence-electron chi connectivity index (χ1n) is 7.94. The Morgan fingerprint density at radius 3 is 3.09 bits per heavy atom. The lowest BCUT2D eigenvalue weighted by atomic mass is 10.1. The summed E-state index contributed by atoms with van der Waals surface area (Å²) in [7, 11) is 2.13. The molecule has 1 aliphatic rings. The van der Waals surface area contributed by atoms with Crippen LogP contribution in [0.15, 0.2) is 23.0 Å². The van der Waals surface area contributed by atoms with Crippen LogP contribution in [0.25, 0.3) is 0 Å². The molecule has 2 aromatic rings. The highest BCUT2D eigenvalue weighted by molar-refractivity contribution is 7.07. The van der Waals surface area contributed by atoms with Gasteiger partial charge >= 0.3 is 0 Å². The quantitative estimate of drug-likeness (QED) is 0.915. The van der Waals surface area contributed by atoms with Crippen molar-refractivity contribution >= 4 is 17.2 Å². The van der Waals surface area contributed by atoms with Crippen LogP contribution in [-0.4, -0.2) is 34.4 Å². The minimum absolute atomic E-state index is 0.0368. The molecule has 23 heavy (non-hydrogen) atoms. The van der Waals surface area contributed by atoms with Crippen molar-refractivity contribution in [3.8, 4) is 0 Å². The van der Waals surface area contributed by atoms with Crippen molar-refractivity contribution in [3.05, 3.63) is 45.7 Å². The van der Waals surface area contributed by atoms with E-state index in [0.717, 1.165) is 35.6 Å². The maximum atomic E-state index is 12.1. The van der Waals surface area contributed by atoms with Crippen LogP contribution in [0.3, 0.4) is 0 Å². The third-order valence-electron chi connectivity index (χ3n) is 4.28. The van der Waals surface area contributed by atoms with E-state index in [1.165, 1.54) is 6.42 Å². The van der Waals surface area contributed by atoms with Gasteiger partial charge in [0.15, 0.2) is 0 Å². The molecular formula is C17H22N4OS. The molecule has 5 nitrogen and oxygen atoms in total. The van der Waals surface area contributed by atoms with E-state index in [-0.39, 0.29) is 5.91 Å². The maximum Gasteiger partial charge on any atom is 0.224 e. The average molecular weight is 330 g/mol. The molecule has 1 unspecified atom stereocenters. The number of amides is 1. The lowest BCUT2D eigenvalue weighted by Gasteiger charge is -2.21. The van der Waals surface area contributed by atoms with Crippen LogP contribution in [0.4, 0.5) is 0 Å². The number of thiophene rings is 1. The zero-order valence-corrected chi connectivity index (χ0v) is 14.4. The van der Waals surface area contributed by atoms with Gasteiger partial charge < -0.3 is 5.32 Å². The van der Waals surface area contributed by atoms with Gasteiger partial charge in [0.05, 0.1) is 18.2 Å². The number of nitrogens with one attached hydrogen (secondary N) is 1. The van der Waals surface area contributed by atoms with Crippen molar-refractivity contribution < 1.29 is 4.79 Å². The van der Waals surface area contributed by atoms with Gasteiger partial charge in [-0.05, 0) is 55.7 Å². The van der Waals surface area contributed by atoms with Gasteiger partial charge in [-0.2, -0.15) is 11.3 Å². The number of hydrogen-bond acceptors (Lipinski definition) is 5. The van der Waals surface area contributed by atoms with E-state index in [9.17, 15) is 4.79 Å². The molecule has 1 aliphatic heterocycles. The van der Waals surface area contributed by atoms with Gasteiger partial charge in [-0.1, -0.05) is 0 Å². The van der Waals surface area contributed by atoms with Crippen LogP contribution < -0.4 is 5.32 Å². The Hall–Kier alpha value is -1.79. The molecule has 0 aliphatic carbocycles. The summed E-state index contributed by atoms with van der Waals surface area (Å²) in [6.07, 6.45) is 4.58. The summed E-state index contributed by atoms with van der Waals surface area (Å²) in [6.45, 7) is 3.50. The third-order valence-corrected chi connectivity index (χ3v) is 5.01. The lowest BCUT2D eigenvalue weighted by molar-refractivity contribution is -0.120. The number of carbonyl (C=O) groups is 1. The Labute approximate surface area is 140 Å². The van der Waals surface area contributed by atoms with Crippen molar-refractivity contribution in [1.82, 2.24) is 20.2 Å². The maximum absolute atomic E-state index is 12.1. The molecular weight excluding hydrogens is 308 g/mol. The summed E-state index contributed by atoms with van der Waals surface area (Å²) in [5.74, 6) is 0.823. The molecule has 3 heterocycles. The Kier molecular flexibility index (Phi) is 5.03. The van der Waals surface area contributed by atoms with Crippen molar-refractivity contribution in [2.75, 3.05) is 13.6 Å². The molecule has 2 aromatic heterocycles. The normalized spacial score (nSPS) is 18.3. The number of nitrogens with zero attached hydrogens (tertiary/aromatic N) is 3. The SMILES string of the molecule is Cc1ncc(CNC(=O)Cc2ccsc2)c(C2CCCN2C)n1. The summed E-state index contributed by atoms with van der Waals surface area (Å²) >= 11 is 1.61. The van der Waals surface area contributed by atoms with Gasteiger partial charge in [0.25, 0.3) is 0 Å². The first kappa shape index (κ1) is 16.1. The predicted molar refractivity (Wildman–Crippen MR) is 91.2 cm³/mol. The van der Waals surface area contributed by atoms with Gasteiger partial charge in [-0.15, -0.1) is 0 Å². The van der Waals surface area contributed by atoms with Crippen LogP contribution in [-0.2, 0) is 17.8 Å². The first-order chi connectivity index (χ1) is 11.1. The van der Waals surface area contributed by atoms with Crippen LogP contribution >= 0.6 is 11.3 Å². The fourth-order valence-electron chi connectivity index (χ4n) is 3.03. The number of likely N-dealkylation sites (tertiary alicyclic amines) is 1. The molecule has 1 N–H and O–H groups in total. The van der Waals surface area contributed by atoms with Gasteiger partial charge in [-0.25, -0.2) is 9.97 Å². The van der Waals surface area contributed by atoms with E-state index in [1.54, 1.807) is 11.3 Å².